The first-order chi connectivity index (χ1) is 14.0. The molecule has 6 heteroatoms. The van der Waals surface area contributed by atoms with Crippen molar-refractivity contribution >= 4 is 17.4 Å². The number of carbonyl (C=O) groups is 1. The lowest BCUT2D eigenvalue weighted by molar-refractivity contribution is 0.0740. The minimum atomic E-state index is 0.00795. The molecule has 0 N–H and O–H groups in total. The van der Waals surface area contributed by atoms with Gasteiger partial charge in [0, 0.05) is 51.0 Å². The van der Waals surface area contributed by atoms with Crippen molar-refractivity contribution in [2.24, 2.45) is 0 Å². The molecule has 0 saturated carbocycles. The first-order valence-corrected chi connectivity index (χ1v) is 10.7. The van der Waals surface area contributed by atoms with Crippen LogP contribution in [0.25, 0.3) is 0 Å². The number of rotatable bonds is 7. The van der Waals surface area contributed by atoms with E-state index in [1.165, 1.54) is 11.3 Å². The molecule has 1 aromatic heterocycles. The number of carbonyl (C=O) groups excluding carboxylic acids is 1. The van der Waals surface area contributed by atoms with Gasteiger partial charge in [0.25, 0.3) is 5.91 Å². The molecular formula is C23H33N5O. The first kappa shape index (κ1) is 21.1. The molecule has 2 heterocycles. The topological polar surface area (TPSA) is 52.6 Å². The van der Waals surface area contributed by atoms with E-state index in [2.05, 4.69) is 64.8 Å². The lowest BCUT2D eigenvalue weighted by atomic mass is 10.2. The smallest absolute Gasteiger partial charge is 0.272 e. The van der Waals surface area contributed by atoms with Crippen molar-refractivity contribution in [3.05, 3.63) is 47.4 Å². The highest BCUT2D eigenvalue weighted by Crippen LogP contribution is 2.20. The van der Waals surface area contributed by atoms with Gasteiger partial charge in [-0.1, -0.05) is 26.0 Å². The van der Waals surface area contributed by atoms with Gasteiger partial charge >= 0.3 is 0 Å². The monoisotopic (exact) mass is 395 g/mol. The van der Waals surface area contributed by atoms with Crippen LogP contribution in [-0.4, -0.2) is 60.0 Å². The molecule has 6 nitrogen and oxygen atoms in total. The standard InChI is InChI=1S/C23H33N5O/c1-5-10-27(11-6-2)22-17-21(24-19(4)25-22)23(29)28-14-12-26(13-15-28)20-9-7-8-18(3)16-20/h7-9,16-17H,5-6,10-15H2,1-4H3. The summed E-state index contributed by atoms with van der Waals surface area (Å²) in [6.45, 7) is 13.3. The molecule has 0 radical (unpaired) electrons. The third-order valence-corrected chi connectivity index (χ3v) is 5.29. The Hall–Kier alpha value is -2.63. The summed E-state index contributed by atoms with van der Waals surface area (Å²) < 4.78 is 0. The van der Waals surface area contributed by atoms with Gasteiger partial charge in [-0.25, -0.2) is 9.97 Å². The molecule has 1 saturated heterocycles. The van der Waals surface area contributed by atoms with Gasteiger partial charge in [0.2, 0.25) is 0 Å². The van der Waals surface area contributed by atoms with Gasteiger partial charge in [0.15, 0.2) is 0 Å². The molecule has 0 spiro atoms. The maximum absolute atomic E-state index is 13.1. The van der Waals surface area contributed by atoms with E-state index in [9.17, 15) is 4.79 Å². The zero-order chi connectivity index (χ0) is 20.8. The fourth-order valence-electron chi connectivity index (χ4n) is 3.86. The van der Waals surface area contributed by atoms with Crippen LogP contribution in [0.5, 0.6) is 0 Å². The predicted octanol–water partition coefficient (Wildman–Crippen LogP) is 3.68. The fourth-order valence-corrected chi connectivity index (χ4v) is 3.86. The van der Waals surface area contributed by atoms with Gasteiger partial charge in [-0.15, -0.1) is 0 Å². The van der Waals surface area contributed by atoms with Gasteiger partial charge < -0.3 is 14.7 Å². The SMILES string of the molecule is CCCN(CCC)c1cc(C(=O)N2CCN(c3cccc(C)c3)CC2)nc(C)n1. The van der Waals surface area contributed by atoms with Crippen LogP contribution >= 0.6 is 0 Å². The predicted molar refractivity (Wildman–Crippen MR) is 119 cm³/mol. The number of anilines is 2. The molecular weight excluding hydrogens is 362 g/mol. The van der Waals surface area contributed by atoms with Crippen LogP contribution in [0.1, 0.15) is 48.6 Å². The highest BCUT2D eigenvalue weighted by molar-refractivity contribution is 5.93. The third-order valence-electron chi connectivity index (χ3n) is 5.29. The van der Waals surface area contributed by atoms with Crippen LogP contribution in [-0.2, 0) is 0 Å². The molecule has 1 aliphatic rings. The summed E-state index contributed by atoms with van der Waals surface area (Å²) in [5.74, 6) is 1.53. The van der Waals surface area contributed by atoms with Gasteiger partial charge in [0.1, 0.15) is 17.3 Å². The molecule has 1 aromatic carbocycles. The van der Waals surface area contributed by atoms with Crippen LogP contribution in [0, 0.1) is 13.8 Å². The molecule has 0 aliphatic carbocycles. The molecule has 156 valence electrons. The average Bonchev–Trinajstić information content (AvgIpc) is 2.73. The van der Waals surface area contributed by atoms with Crippen molar-refractivity contribution in [2.45, 2.75) is 40.5 Å². The quantitative estimate of drug-likeness (QED) is 0.716. The van der Waals surface area contributed by atoms with E-state index in [4.69, 9.17) is 0 Å². The summed E-state index contributed by atoms with van der Waals surface area (Å²) in [6, 6.07) is 10.4. The van der Waals surface area contributed by atoms with E-state index < -0.39 is 0 Å². The van der Waals surface area contributed by atoms with E-state index in [1.54, 1.807) is 0 Å². The molecule has 1 aliphatic heterocycles. The highest BCUT2D eigenvalue weighted by atomic mass is 16.2. The Morgan fingerprint density at radius 1 is 1.00 bits per heavy atom. The van der Waals surface area contributed by atoms with Gasteiger partial charge in [0.05, 0.1) is 0 Å². The normalized spacial score (nSPS) is 14.2. The Labute approximate surface area is 174 Å². The summed E-state index contributed by atoms with van der Waals surface area (Å²) in [7, 11) is 0. The average molecular weight is 396 g/mol. The van der Waals surface area contributed by atoms with Crippen molar-refractivity contribution in [1.82, 2.24) is 14.9 Å². The molecule has 0 atom stereocenters. The van der Waals surface area contributed by atoms with E-state index in [-0.39, 0.29) is 5.91 Å². The fraction of sp³-hybridized carbons (Fsp3) is 0.522. The Kier molecular flexibility index (Phi) is 7.07. The lowest BCUT2D eigenvalue weighted by Gasteiger charge is -2.36. The number of aryl methyl sites for hydroxylation is 2. The number of nitrogens with zero attached hydrogens (tertiary/aromatic N) is 5. The van der Waals surface area contributed by atoms with Crippen molar-refractivity contribution < 1.29 is 4.79 Å². The second-order valence-electron chi connectivity index (χ2n) is 7.76. The second-order valence-corrected chi connectivity index (χ2v) is 7.76. The zero-order valence-electron chi connectivity index (χ0n) is 18.2. The van der Waals surface area contributed by atoms with Gasteiger partial charge in [-0.2, -0.15) is 0 Å². The van der Waals surface area contributed by atoms with Crippen LogP contribution in [0.2, 0.25) is 0 Å². The highest BCUT2D eigenvalue weighted by Gasteiger charge is 2.24. The molecule has 1 fully saturated rings. The van der Waals surface area contributed by atoms with Gasteiger partial charge in [-0.3, -0.25) is 4.79 Å². The van der Waals surface area contributed by atoms with E-state index in [0.717, 1.165) is 44.8 Å². The summed E-state index contributed by atoms with van der Waals surface area (Å²) in [6.07, 6.45) is 2.10. The molecule has 1 amide bonds. The van der Waals surface area contributed by atoms with Crippen LogP contribution in [0.3, 0.4) is 0 Å². The Balaban J connectivity index is 1.70. The van der Waals surface area contributed by atoms with Crippen molar-refractivity contribution in [3.8, 4) is 0 Å². The van der Waals surface area contributed by atoms with E-state index in [1.807, 2.05) is 17.9 Å². The Morgan fingerprint density at radius 3 is 2.31 bits per heavy atom. The minimum Gasteiger partial charge on any atom is -0.368 e. The third kappa shape index (κ3) is 5.25. The number of hydrogen-bond acceptors (Lipinski definition) is 5. The molecule has 2 aromatic rings. The maximum Gasteiger partial charge on any atom is 0.272 e. The van der Waals surface area contributed by atoms with Crippen LogP contribution in [0.15, 0.2) is 30.3 Å². The van der Waals surface area contributed by atoms with Crippen molar-refractivity contribution in [3.63, 3.8) is 0 Å². The Morgan fingerprint density at radius 2 is 1.69 bits per heavy atom. The summed E-state index contributed by atoms with van der Waals surface area (Å²) in [5.41, 5.74) is 2.99. The van der Waals surface area contributed by atoms with Crippen LogP contribution < -0.4 is 9.80 Å². The van der Waals surface area contributed by atoms with E-state index in [0.29, 0.717) is 24.6 Å². The largest absolute Gasteiger partial charge is 0.368 e. The maximum atomic E-state index is 13.1. The molecule has 3 rings (SSSR count). The minimum absolute atomic E-state index is 0.00795. The molecule has 0 bridgehead atoms. The zero-order valence-corrected chi connectivity index (χ0v) is 18.2. The number of piperazine rings is 1. The van der Waals surface area contributed by atoms with Crippen LogP contribution in [0.4, 0.5) is 11.5 Å². The van der Waals surface area contributed by atoms with E-state index >= 15 is 0 Å². The summed E-state index contributed by atoms with van der Waals surface area (Å²) in [4.78, 5) is 28.7. The number of hydrogen-bond donors (Lipinski definition) is 0. The van der Waals surface area contributed by atoms with Crippen molar-refractivity contribution in [2.75, 3.05) is 49.1 Å². The molecule has 29 heavy (non-hydrogen) atoms. The summed E-state index contributed by atoms with van der Waals surface area (Å²) in [5, 5.41) is 0. The van der Waals surface area contributed by atoms with Gasteiger partial charge in [-0.05, 0) is 44.4 Å². The first-order valence-electron chi connectivity index (χ1n) is 10.7. The number of amides is 1. The summed E-state index contributed by atoms with van der Waals surface area (Å²) >= 11 is 0. The van der Waals surface area contributed by atoms with Crippen molar-refractivity contribution in [1.29, 1.82) is 0 Å². The number of benzene rings is 1. The second kappa shape index (κ2) is 9.72. The molecule has 0 unspecified atom stereocenters. The lowest BCUT2D eigenvalue weighted by Crippen LogP contribution is -2.49. The number of aromatic nitrogens is 2. The Bertz CT molecular complexity index is 824.